The van der Waals surface area contributed by atoms with Crippen molar-refractivity contribution >= 4 is 5.91 Å². The summed E-state index contributed by atoms with van der Waals surface area (Å²) in [5.74, 6) is 0.835. The maximum absolute atomic E-state index is 12.8. The van der Waals surface area contributed by atoms with Gasteiger partial charge in [-0.05, 0) is 13.0 Å². The predicted octanol–water partition coefficient (Wildman–Crippen LogP) is 1.26. The molecule has 0 aromatic carbocycles. The summed E-state index contributed by atoms with van der Waals surface area (Å²) in [4.78, 5) is 26.6. The first-order chi connectivity index (χ1) is 12.0. The van der Waals surface area contributed by atoms with E-state index in [1.807, 2.05) is 13.8 Å². The molecule has 134 valence electrons. The van der Waals surface area contributed by atoms with Crippen molar-refractivity contribution in [3.05, 3.63) is 46.0 Å². The topological polar surface area (TPSA) is 90.5 Å². The van der Waals surface area contributed by atoms with E-state index in [1.165, 1.54) is 4.57 Å². The zero-order chi connectivity index (χ0) is 18.0. The zero-order valence-corrected chi connectivity index (χ0v) is 14.6. The van der Waals surface area contributed by atoms with Gasteiger partial charge in [0.1, 0.15) is 12.6 Å². The minimum Gasteiger partial charge on any atom is -0.423 e. The Morgan fingerprint density at radius 3 is 2.92 bits per heavy atom. The maximum atomic E-state index is 12.8. The molecule has 0 saturated carbocycles. The zero-order valence-electron chi connectivity index (χ0n) is 14.6. The number of carbonyl (C=O) groups is 1. The average Bonchev–Trinajstić information content (AvgIpc) is 3.09. The van der Waals surface area contributed by atoms with E-state index in [2.05, 4.69) is 10.2 Å². The number of carbonyl (C=O) groups excluding carboxylic acids is 1. The summed E-state index contributed by atoms with van der Waals surface area (Å²) in [6.45, 7) is 6.78. The third kappa shape index (κ3) is 3.63. The van der Waals surface area contributed by atoms with Crippen LogP contribution in [0.3, 0.4) is 0 Å². The molecule has 2 aromatic rings. The van der Waals surface area contributed by atoms with Gasteiger partial charge in [0, 0.05) is 24.2 Å². The largest absolute Gasteiger partial charge is 0.423 e. The highest BCUT2D eigenvalue weighted by molar-refractivity contribution is 5.76. The molecule has 2 aromatic heterocycles. The molecule has 0 bridgehead atoms. The number of amides is 1. The third-order valence-electron chi connectivity index (χ3n) is 4.20. The van der Waals surface area contributed by atoms with Gasteiger partial charge in [0.25, 0.3) is 5.56 Å². The first-order valence-electron chi connectivity index (χ1n) is 8.34. The molecule has 3 heterocycles. The lowest BCUT2D eigenvalue weighted by Gasteiger charge is -2.33. The molecule has 25 heavy (non-hydrogen) atoms. The molecule has 0 N–H and O–H groups in total. The van der Waals surface area contributed by atoms with Crippen LogP contribution in [0.15, 0.2) is 27.5 Å². The van der Waals surface area contributed by atoms with Gasteiger partial charge in [-0.3, -0.25) is 9.59 Å². The summed E-state index contributed by atoms with van der Waals surface area (Å²) in [5.41, 5.74) is 0.438. The van der Waals surface area contributed by atoms with Gasteiger partial charge in [-0.25, -0.2) is 0 Å². The summed E-state index contributed by atoms with van der Waals surface area (Å²) in [5, 5.41) is 8.10. The Morgan fingerprint density at radius 1 is 1.40 bits per heavy atom. The van der Waals surface area contributed by atoms with E-state index < -0.39 is 6.04 Å². The van der Waals surface area contributed by atoms with Gasteiger partial charge in [0.15, 0.2) is 0 Å². The van der Waals surface area contributed by atoms with Crippen LogP contribution < -0.4 is 5.56 Å². The lowest BCUT2D eigenvalue weighted by atomic mass is 10.2. The van der Waals surface area contributed by atoms with Gasteiger partial charge in [0.05, 0.1) is 13.2 Å². The van der Waals surface area contributed by atoms with Crippen LogP contribution in [-0.4, -0.2) is 45.3 Å². The normalized spacial score (nSPS) is 17.9. The van der Waals surface area contributed by atoms with Crippen molar-refractivity contribution in [2.24, 2.45) is 0 Å². The average molecular weight is 346 g/mol. The fourth-order valence-electron chi connectivity index (χ4n) is 2.74. The molecule has 1 unspecified atom stereocenters. The molecule has 1 aliphatic heterocycles. The van der Waals surface area contributed by atoms with Crippen LogP contribution in [0.5, 0.6) is 0 Å². The quantitative estimate of drug-likeness (QED) is 0.828. The Hall–Kier alpha value is -2.48. The minimum atomic E-state index is -0.429. The number of aryl methyl sites for hydroxylation is 1. The Kier molecular flexibility index (Phi) is 4.98. The van der Waals surface area contributed by atoms with Gasteiger partial charge < -0.3 is 18.6 Å². The first kappa shape index (κ1) is 17.3. The second kappa shape index (κ2) is 7.18. The van der Waals surface area contributed by atoms with Crippen LogP contribution in [0.1, 0.15) is 43.2 Å². The van der Waals surface area contributed by atoms with Gasteiger partial charge >= 0.3 is 0 Å². The van der Waals surface area contributed by atoms with Crippen molar-refractivity contribution in [3.63, 3.8) is 0 Å². The third-order valence-corrected chi connectivity index (χ3v) is 4.20. The molecular formula is C17H22N4O4. The highest BCUT2D eigenvalue weighted by Gasteiger charge is 2.33. The van der Waals surface area contributed by atoms with Crippen molar-refractivity contribution in [1.29, 1.82) is 0 Å². The molecule has 8 nitrogen and oxygen atoms in total. The fraction of sp³-hybridized carbons (Fsp3) is 0.529. The van der Waals surface area contributed by atoms with E-state index in [-0.39, 0.29) is 23.9 Å². The van der Waals surface area contributed by atoms with E-state index in [9.17, 15) is 9.59 Å². The number of rotatable bonds is 4. The molecule has 0 radical (unpaired) electrons. The standard InChI is InChI=1S/C17H22N4O4/c1-11(2)15-18-19-16(25-15)13-10-24-8-7-21(13)14(22)9-20-6-4-5-12(3)17(20)23/h4-6,11,13H,7-10H2,1-3H3. The van der Waals surface area contributed by atoms with E-state index in [4.69, 9.17) is 9.15 Å². The predicted molar refractivity (Wildman–Crippen MR) is 89.1 cm³/mol. The van der Waals surface area contributed by atoms with E-state index >= 15 is 0 Å². The lowest BCUT2D eigenvalue weighted by Crippen LogP contribution is -2.45. The Labute approximate surface area is 145 Å². The molecule has 1 aliphatic rings. The SMILES string of the molecule is Cc1cccn(CC(=O)N2CCOCC2c2nnc(C(C)C)o2)c1=O. The van der Waals surface area contributed by atoms with Crippen LogP contribution in [-0.2, 0) is 16.1 Å². The fourth-order valence-corrected chi connectivity index (χ4v) is 2.74. The smallest absolute Gasteiger partial charge is 0.253 e. The Bertz CT molecular complexity index is 811. The monoisotopic (exact) mass is 346 g/mol. The van der Waals surface area contributed by atoms with Crippen molar-refractivity contribution in [3.8, 4) is 0 Å². The van der Waals surface area contributed by atoms with Crippen molar-refractivity contribution < 1.29 is 13.9 Å². The first-order valence-corrected chi connectivity index (χ1v) is 8.34. The van der Waals surface area contributed by atoms with Crippen LogP contribution in [0.25, 0.3) is 0 Å². The molecule has 0 spiro atoms. The lowest BCUT2D eigenvalue weighted by molar-refractivity contribution is -0.142. The van der Waals surface area contributed by atoms with E-state index in [0.29, 0.717) is 37.1 Å². The van der Waals surface area contributed by atoms with Crippen molar-refractivity contribution in [2.45, 2.75) is 39.3 Å². The molecule has 1 saturated heterocycles. The van der Waals surface area contributed by atoms with Gasteiger partial charge in [-0.1, -0.05) is 19.9 Å². The molecule has 1 atom stereocenters. The van der Waals surface area contributed by atoms with Crippen LogP contribution in [0.2, 0.25) is 0 Å². The van der Waals surface area contributed by atoms with E-state index in [0.717, 1.165) is 0 Å². The minimum absolute atomic E-state index is 0.0256. The van der Waals surface area contributed by atoms with Gasteiger partial charge in [0.2, 0.25) is 17.7 Å². The highest BCUT2D eigenvalue weighted by atomic mass is 16.5. The Balaban J connectivity index is 1.81. The number of hydrogen-bond acceptors (Lipinski definition) is 6. The summed E-state index contributed by atoms with van der Waals surface area (Å²) < 4.78 is 12.6. The molecule has 3 rings (SSSR count). The second-order valence-electron chi connectivity index (χ2n) is 6.44. The second-order valence-corrected chi connectivity index (χ2v) is 6.44. The van der Waals surface area contributed by atoms with Crippen LogP contribution in [0.4, 0.5) is 0 Å². The van der Waals surface area contributed by atoms with Crippen LogP contribution >= 0.6 is 0 Å². The number of morpholine rings is 1. The van der Waals surface area contributed by atoms with Gasteiger partial charge in [-0.2, -0.15) is 0 Å². The number of nitrogens with zero attached hydrogens (tertiary/aromatic N) is 4. The number of aromatic nitrogens is 3. The number of pyridine rings is 1. The van der Waals surface area contributed by atoms with Crippen molar-refractivity contribution in [1.82, 2.24) is 19.7 Å². The Morgan fingerprint density at radius 2 is 2.20 bits per heavy atom. The highest BCUT2D eigenvalue weighted by Crippen LogP contribution is 2.25. The van der Waals surface area contributed by atoms with Crippen molar-refractivity contribution in [2.75, 3.05) is 19.8 Å². The molecule has 0 aliphatic carbocycles. The molecule has 8 heteroatoms. The molecular weight excluding hydrogens is 324 g/mol. The van der Waals surface area contributed by atoms with E-state index in [1.54, 1.807) is 30.2 Å². The maximum Gasteiger partial charge on any atom is 0.253 e. The summed E-state index contributed by atoms with van der Waals surface area (Å²) in [7, 11) is 0. The molecule has 1 amide bonds. The summed E-state index contributed by atoms with van der Waals surface area (Å²) >= 11 is 0. The molecule has 1 fully saturated rings. The van der Waals surface area contributed by atoms with Gasteiger partial charge in [-0.15, -0.1) is 10.2 Å². The van der Waals surface area contributed by atoms with Crippen LogP contribution in [0, 0.1) is 6.92 Å². The number of hydrogen-bond donors (Lipinski definition) is 0. The summed E-state index contributed by atoms with van der Waals surface area (Å²) in [6.07, 6.45) is 1.62. The summed E-state index contributed by atoms with van der Waals surface area (Å²) in [6, 6.07) is 3.06. The number of ether oxygens (including phenoxy) is 1.